The van der Waals surface area contributed by atoms with E-state index in [2.05, 4.69) is 48.4 Å². The average Bonchev–Trinajstić information content (AvgIpc) is 3.06. The van der Waals surface area contributed by atoms with E-state index >= 15 is 0 Å². The fourth-order valence-electron chi connectivity index (χ4n) is 7.11. The molecule has 1 aromatic carbocycles. The number of hydrogen-bond donors (Lipinski definition) is 0. The van der Waals surface area contributed by atoms with Gasteiger partial charge in [-0.15, -0.1) is 0 Å². The zero-order valence-corrected chi connectivity index (χ0v) is 19.9. The third-order valence-corrected chi connectivity index (χ3v) is 8.87. The highest BCUT2D eigenvalue weighted by Crippen LogP contribution is 2.57. The number of esters is 1. The topological polar surface area (TPSA) is 42.0 Å². The summed E-state index contributed by atoms with van der Waals surface area (Å²) in [5.74, 6) is 1.84. The van der Waals surface area contributed by atoms with Gasteiger partial charge in [0.15, 0.2) is 0 Å². The minimum Gasteiger partial charge on any atom is -0.497 e. The molecule has 5 heteroatoms. The van der Waals surface area contributed by atoms with Crippen LogP contribution in [0, 0.1) is 23.2 Å². The van der Waals surface area contributed by atoms with Gasteiger partial charge in [0, 0.05) is 49.9 Å². The SMILES string of the molecule is C=C1CCC[C@]2(C)C[C@H]3OC(=O)[C@H](CN4CCN(c5cccc(OC)c5)[C@@H](C)C4)[C@@H]3C[C@@H]12. The lowest BCUT2D eigenvalue weighted by atomic mass is 9.55. The van der Waals surface area contributed by atoms with Gasteiger partial charge in [0.25, 0.3) is 0 Å². The molecule has 5 nitrogen and oxygen atoms in total. The van der Waals surface area contributed by atoms with E-state index in [1.807, 2.05) is 6.07 Å². The summed E-state index contributed by atoms with van der Waals surface area (Å²) in [6.07, 6.45) is 5.83. The maximum absolute atomic E-state index is 12.9. The van der Waals surface area contributed by atoms with Crippen molar-refractivity contribution in [3.63, 3.8) is 0 Å². The van der Waals surface area contributed by atoms with Crippen molar-refractivity contribution in [1.29, 1.82) is 0 Å². The molecule has 1 aromatic rings. The zero-order valence-electron chi connectivity index (χ0n) is 19.9. The van der Waals surface area contributed by atoms with Gasteiger partial charge >= 0.3 is 5.97 Å². The molecule has 174 valence electrons. The second-order valence-electron chi connectivity index (χ2n) is 10.9. The Hall–Kier alpha value is -2.01. The Labute approximate surface area is 192 Å². The van der Waals surface area contributed by atoms with Crippen LogP contribution >= 0.6 is 0 Å². The van der Waals surface area contributed by atoms with Gasteiger partial charge in [-0.2, -0.15) is 0 Å². The van der Waals surface area contributed by atoms with Crippen LogP contribution in [0.5, 0.6) is 5.75 Å². The van der Waals surface area contributed by atoms with E-state index < -0.39 is 0 Å². The van der Waals surface area contributed by atoms with Gasteiger partial charge in [-0.3, -0.25) is 9.69 Å². The number of piperazine rings is 1. The first kappa shape index (κ1) is 21.8. The molecule has 2 aliphatic heterocycles. The molecule has 4 aliphatic rings. The Morgan fingerprint density at radius 3 is 2.94 bits per heavy atom. The van der Waals surface area contributed by atoms with E-state index in [1.165, 1.54) is 24.1 Å². The molecule has 5 rings (SSSR count). The van der Waals surface area contributed by atoms with Crippen molar-refractivity contribution in [2.45, 2.75) is 58.1 Å². The molecule has 0 spiro atoms. The smallest absolute Gasteiger partial charge is 0.310 e. The van der Waals surface area contributed by atoms with E-state index in [1.54, 1.807) is 7.11 Å². The van der Waals surface area contributed by atoms with Gasteiger partial charge in [-0.25, -0.2) is 0 Å². The number of hydrogen-bond acceptors (Lipinski definition) is 5. The first-order valence-electron chi connectivity index (χ1n) is 12.4. The number of rotatable bonds is 4. The standard InChI is InChI=1S/C27H38N2O3/c1-18-7-6-10-27(3)15-25-22(14-24(18)27)23(26(30)32-25)17-28-11-12-29(19(2)16-28)20-8-5-9-21(13-20)31-4/h5,8-9,13,19,22-25H,1,6-7,10-12,14-17H2,2-4H3/t19-,22-,23+,24-,25+,27+/m0/s1. The number of fused-ring (bicyclic) bond motifs is 2. The Bertz CT molecular complexity index is 885. The average molecular weight is 439 g/mol. The van der Waals surface area contributed by atoms with E-state index in [9.17, 15) is 4.79 Å². The summed E-state index contributed by atoms with van der Waals surface area (Å²) in [4.78, 5) is 17.9. The van der Waals surface area contributed by atoms with Crippen molar-refractivity contribution in [2.75, 3.05) is 38.2 Å². The Balaban J connectivity index is 1.25. The highest BCUT2D eigenvalue weighted by molar-refractivity contribution is 5.75. The second kappa shape index (κ2) is 8.40. The molecule has 32 heavy (non-hydrogen) atoms. The number of allylic oxidation sites excluding steroid dienone is 1. The van der Waals surface area contributed by atoms with Gasteiger partial charge in [0.2, 0.25) is 0 Å². The lowest BCUT2D eigenvalue weighted by molar-refractivity contribution is -0.146. The number of methoxy groups -OCH3 is 1. The molecule has 0 unspecified atom stereocenters. The zero-order chi connectivity index (χ0) is 22.5. The molecule has 2 saturated heterocycles. The van der Waals surface area contributed by atoms with Crippen LogP contribution in [0.25, 0.3) is 0 Å². The van der Waals surface area contributed by atoms with Crippen LogP contribution in [-0.4, -0.2) is 56.3 Å². The van der Waals surface area contributed by atoms with E-state index in [4.69, 9.17) is 9.47 Å². The van der Waals surface area contributed by atoms with Crippen LogP contribution < -0.4 is 9.64 Å². The molecular formula is C27H38N2O3. The fraction of sp³-hybridized carbons (Fsp3) is 0.667. The maximum atomic E-state index is 12.9. The summed E-state index contributed by atoms with van der Waals surface area (Å²) >= 11 is 0. The molecule has 0 bridgehead atoms. The Morgan fingerprint density at radius 1 is 1.31 bits per heavy atom. The predicted octanol–water partition coefficient (Wildman–Crippen LogP) is 4.52. The minimum absolute atomic E-state index is 0.00912. The van der Waals surface area contributed by atoms with E-state index in [-0.39, 0.29) is 23.4 Å². The van der Waals surface area contributed by atoms with Gasteiger partial charge in [-0.05, 0) is 62.5 Å². The minimum atomic E-state index is 0.00912. The van der Waals surface area contributed by atoms with Crippen LogP contribution in [0.2, 0.25) is 0 Å². The molecule has 6 atom stereocenters. The Kier molecular flexibility index (Phi) is 5.73. The molecule has 2 saturated carbocycles. The lowest BCUT2D eigenvalue weighted by Crippen LogP contribution is -2.54. The lowest BCUT2D eigenvalue weighted by Gasteiger charge is -2.50. The van der Waals surface area contributed by atoms with Crippen molar-refractivity contribution in [1.82, 2.24) is 4.90 Å². The first-order chi connectivity index (χ1) is 15.4. The van der Waals surface area contributed by atoms with Gasteiger partial charge in [-0.1, -0.05) is 25.1 Å². The first-order valence-corrected chi connectivity index (χ1v) is 12.4. The quantitative estimate of drug-likeness (QED) is 0.511. The highest BCUT2D eigenvalue weighted by atomic mass is 16.6. The molecule has 2 heterocycles. The number of nitrogens with zero attached hydrogens (tertiary/aromatic N) is 2. The Morgan fingerprint density at radius 2 is 2.16 bits per heavy atom. The normalized spacial score (nSPS) is 37.6. The van der Waals surface area contributed by atoms with Crippen molar-refractivity contribution in [2.24, 2.45) is 23.2 Å². The molecule has 0 amide bonds. The fourth-order valence-corrected chi connectivity index (χ4v) is 7.11. The summed E-state index contributed by atoms with van der Waals surface area (Å²) in [5.41, 5.74) is 2.89. The summed E-state index contributed by atoms with van der Waals surface area (Å²) in [5, 5.41) is 0. The number of benzene rings is 1. The van der Waals surface area contributed by atoms with Crippen LogP contribution in [0.4, 0.5) is 5.69 Å². The van der Waals surface area contributed by atoms with Crippen molar-refractivity contribution >= 4 is 11.7 Å². The number of ether oxygens (including phenoxy) is 2. The predicted molar refractivity (Wildman–Crippen MR) is 127 cm³/mol. The largest absolute Gasteiger partial charge is 0.497 e. The van der Waals surface area contributed by atoms with Gasteiger partial charge in [0.1, 0.15) is 11.9 Å². The van der Waals surface area contributed by atoms with Gasteiger partial charge in [0.05, 0.1) is 13.0 Å². The maximum Gasteiger partial charge on any atom is 0.310 e. The van der Waals surface area contributed by atoms with Crippen LogP contribution in [0.15, 0.2) is 36.4 Å². The molecule has 2 aliphatic carbocycles. The summed E-state index contributed by atoms with van der Waals surface area (Å²) in [7, 11) is 1.71. The highest BCUT2D eigenvalue weighted by Gasteiger charge is 2.55. The molecular weight excluding hydrogens is 400 g/mol. The third kappa shape index (κ3) is 3.83. The van der Waals surface area contributed by atoms with Crippen LogP contribution in [0.1, 0.15) is 46.0 Å². The summed E-state index contributed by atoms with van der Waals surface area (Å²) in [6, 6.07) is 8.70. The van der Waals surface area contributed by atoms with Gasteiger partial charge < -0.3 is 14.4 Å². The number of carbonyl (C=O) groups excluding carboxylic acids is 1. The van der Waals surface area contributed by atoms with Crippen molar-refractivity contribution < 1.29 is 14.3 Å². The molecule has 4 fully saturated rings. The van der Waals surface area contributed by atoms with E-state index in [0.717, 1.165) is 51.2 Å². The number of carbonyl (C=O) groups is 1. The third-order valence-electron chi connectivity index (χ3n) is 8.87. The molecule has 0 radical (unpaired) electrons. The number of anilines is 1. The molecule has 0 N–H and O–H groups in total. The van der Waals surface area contributed by atoms with Crippen molar-refractivity contribution in [3.05, 3.63) is 36.4 Å². The summed E-state index contributed by atoms with van der Waals surface area (Å²) in [6.45, 7) is 12.8. The van der Waals surface area contributed by atoms with Crippen molar-refractivity contribution in [3.8, 4) is 5.75 Å². The van der Waals surface area contributed by atoms with Crippen LogP contribution in [0.3, 0.4) is 0 Å². The second-order valence-corrected chi connectivity index (χ2v) is 10.9. The van der Waals surface area contributed by atoms with E-state index in [0.29, 0.717) is 17.9 Å². The monoisotopic (exact) mass is 438 g/mol. The molecule has 0 aromatic heterocycles. The summed E-state index contributed by atoms with van der Waals surface area (Å²) < 4.78 is 11.4. The van der Waals surface area contributed by atoms with Crippen LogP contribution in [-0.2, 0) is 9.53 Å².